The molecule has 0 aliphatic rings. The molecular weight excluding hydrogens is 300 g/mol. The average Bonchev–Trinajstić information content (AvgIpc) is 2.33. The van der Waals surface area contributed by atoms with Crippen molar-refractivity contribution in [2.75, 3.05) is 0 Å². The highest BCUT2D eigenvalue weighted by Gasteiger charge is 2.23. The minimum atomic E-state index is -1.51. The maximum atomic E-state index is 6.44. The second-order valence-corrected chi connectivity index (χ2v) is 18.5. The van der Waals surface area contributed by atoms with Crippen LogP contribution in [0.4, 0.5) is 0 Å². The lowest BCUT2D eigenvalue weighted by molar-refractivity contribution is 0.184. The van der Waals surface area contributed by atoms with Crippen LogP contribution in [0.2, 0.25) is 45.3 Å². The van der Waals surface area contributed by atoms with Crippen molar-refractivity contribution in [3.8, 4) is 0 Å². The number of benzene rings is 1. The molecule has 0 radical (unpaired) electrons. The predicted octanol–water partition coefficient (Wildman–Crippen LogP) is 6.12. The lowest BCUT2D eigenvalue weighted by Crippen LogP contribution is -2.33. The fraction of sp³-hybridized carbons (Fsp3) is 0.579. The van der Waals surface area contributed by atoms with Crippen molar-refractivity contribution in [1.29, 1.82) is 0 Å². The predicted molar refractivity (Wildman–Crippen MR) is 105 cm³/mol. The molecular formula is C19H34OSi2. The fourth-order valence-electron chi connectivity index (χ4n) is 2.82. The summed E-state index contributed by atoms with van der Waals surface area (Å²) in [6, 6.07) is 12.0. The van der Waals surface area contributed by atoms with E-state index in [0.29, 0.717) is 6.10 Å². The first-order valence-electron chi connectivity index (χ1n) is 8.43. The van der Waals surface area contributed by atoms with Gasteiger partial charge in [-0.3, -0.25) is 0 Å². The Morgan fingerprint density at radius 2 is 1.64 bits per heavy atom. The van der Waals surface area contributed by atoms with Gasteiger partial charge in [0.25, 0.3) is 0 Å². The summed E-state index contributed by atoms with van der Waals surface area (Å²) in [7, 11) is -2.59. The van der Waals surface area contributed by atoms with Crippen molar-refractivity contribution in [2.24, 2.45) is 0 Å². The van der Waals surface area contributed by atoms with E-state index in [1.54, 1.807) is 0 Å². The molecule has 0 aromatic heterocycles. The highest BCUT2D eigenvalue weighted by molar-refractivity contribution is 6.76. The van der Waals surface area contributed by atoms with Crippen molar-refractivity contribution < 1.29 is 4.43 Å². The van der Waals surface area contributed by atoms with Crippen LogP contribution in [0, 0.1) is 0 Å². The van der Waals surface area contributed by atoms with Gasteiger partial charge >= 0.3 is 0 Å². The fourth-order valence-corrected chi connectivity index (χ4v) is 5.66. The Morgan fingerprint density at radius 3 is 2.14 bits per heavy atom. The van der Waals surface area contributed by atoms with Gasteiger partial charge in [-0.25, -0.2) is 0 Å². The van der Waals surface area contributed by atoms with Gasteiger partial charge < -0.3 is 4.43 Å². The van der Waals surface area contributed by atoms with Crippen LogP contribution in [0.1, 0.15) is 18.4 Å². The van der Waals surface area contributed by atoms with Crippen molar-refractivity contribution in [3.05, 3.63) is 48.0 Å². The Morgan fingerprint density at radius 1 is 1.05 bits per heavy atom. The van der Waals surface area contributed by atoms with E-state index in [0.717, 1.165) is 19.3 Å². The Labute approximate surface area is 139 Å². The maximum Gasteiger partial charge on any atom is 0.184 e. The van der Waals surface area contributed by atoms with Gasteiger partial charge in [0.05, 0.1) is 0 Å². The topological polar surface area (TPSA) is 9.23 Å². The van der Waals surface area contributed by atoms with Crippen LogP contribution in [-0.2, 0) is 10.8 Å². The number of rotatable bonds is 9. The molecule has 124 valence electrons. The van der Waals surface area contributed by atoms with Crippen molar-refractivity contribution >= 4 is 16.4 Å². The van der Waals surface area contributed by atoms with E-state index < -0.39 is 16.4 Å². The van der Waals surface area contributed by atoms with Crippen LogP contribution < -0.4 is 0 Å². The minimum Gasteiger partial charge on any atom is -0.414 e. The molecule has 1 atom stereocenters. The Balaban J connectivity index is 2.61. The summed E-state index contributed by atoms with van der Waals surface area (Å²) in [6.45, 7) is 18.4. The van der Waals surface area contributed by atoms with Gasteiger partial charge in [-0.15, -0.1) is 6.58 Å². The van der Waals surface area contributed by atoms with Gasteiger partial charge in [0, 0.05) is 14.2 Å². The van der Waals surface area contributed by atoms with Gasteiger partial charge in [-0.05, 0) is 50.5 Å². The summed E-state index contributed by atoms with van der Waals surface area (Å²) >= 11 is 0. The highest BCUT2D eigenvalue weighted by Crippen LogP contribution is 2.24. The van der Waals surface area contributed by atoms with Gasteiger partial charge in [0.1, 0.15) is 0 Å². The molecule has 0 amide bonds. The first kappa shape index (κ1) is 19.4. The van der Waals surface area contributed by atoms with Crippen LogP contribution in [-0.4, -0.2) is 22.5 Å². The van der Waals surface area contributed by atoms with E-state index in [9.17, 15) is 0 Å². The molecule has 0 unspecified atom stereocenters. The van der Waals surface area contributed by atoms with Crippen molar-refractivity contribution in [1.82, 2.24) is 0 Å². The minimum absolute atomic E-state index is 0.329. The van der Waals surface area contributed by atoms with Gasteiger partial charge in [-0.2, -0.15) is 0 Å². The number of hydrogen-bond acceptors (Lipinski definition) is 1. The van der Waals surface area contributed by atoms with Crippen molar-refractivity contribution in [3.63, 3.8) is 0 Å². The molecule has 0 saturated heterocycles. The smallest absolute Gasteiger partial charge is 0.184 e. The Hall–Kier alpha value is -0.646. The third-order valence-corrected chi connectivity index (χ3v) is 6.02. The van der Waals surface area contributed by atoms with E-state index in [1.165, 1.54) is 17.2 Å². The van der Waals surface area contributed by atoms with Crippen LogP contribution in [0.3, 0.4) is 0 Å². The molecule has 0 fully saturated rings. The van der Waals surface area contributed by atoms with Crippen LogP contribution in [0.25, 0.3) is 0 Å². The summed E-state index contributed by atoms with van der Waals surface area (Å²) < 4.78 is 6.44. The first-order chi connectivity index (χ1) is 10.1. The van der Waals surface area contributed by atoms with E-state index in [-0.39, 0.29) is 0 Å². The SMILES string of the molecule is C=C(C[C@H](CCc1ccccc1)O[Si](C)(C)C)C[Si](C)(C)C. The third kappa shape index (κ3) is 9.39. The Bertz CT molecular complexity index is 455. The van der Waals surface area contributed by atoms with Crippen LogP contribution in [0.15, 0.2) is 42.5 Å². The second kappa shape index (κ2) is 8.27. The van der Waals surface area contributed by atoms with Gasteiger partial charge in [-0.1, -0.05) is 55.5 Å². The number of aryl methyl sites for hydroxylation is 1. The van der Waals surface area contributed by atoms with Crippen LogP contribution in [0.5, 0.6) is 0 Å². The number of hydrogen-bond donors (Lipinski definition) is 0. The lowest BCUT2D eigenvalue weighted by Gasteiger charge is -2.28. The summed E-state index contributed by atoms with van der Waals surface area (Å²) in [6.07, 6.45) is 3.55. The standard InChI is InChI=1S/C19H34OSi2/c1-17(16-21(2,3)4)15-19(20-22(5,6)7)14-13-18-11-9-8-10-12-18/h8-12,19H,1,13-16H2,2-7H3/t19-/m0/s1. The largest absolute Gasteiger partial charge is 0.414 e. The normalized spacial score (nSPS) is 13.9. The molecule has 1 aromatic rings. The van der Waals surface area contributed by atoms with Crippen molar-refractivity contribution in [2.45, 2.75) is 70.7 Å². The maximum absolute atomic E-state index is 6.44. The van der Waals surface area contributed by atoms with E-state index >= 15 is 0 Å². The van der Waals surface area contributed by atoms with E-state index in [1.807, 2.05) is 0 Å². The second-order valence-electron chi connectivity index (χ2n) is 8.57. The van der Waals surface area contributed by atoms with Gasteiger partial charge in [0.15, 0.2) is 8.32 Å². The third-order valence-electron chi connectivity index (χ3n) is 3.41. The zero-order valence-electron chi connectivity index (χ0n) is 15.4. The average molecular weight is 335 g/mol. The van der Waals surface area contributed by atoms with E-state index in [2.05, 4.69) is 76.2 Å². The first-order valence-corrected chi connectivity index (χ1v) is 15.6. The molecule has 0 saturated carbocycles. The molecule has 0 aliphatic carbocycles. The van der Waals surface area contributed by atoms with E-state index in [4.69, 9.17) is 4.43 Å². The summed E-state index contributed by atoms with van der Waals surface area (Å²) in [5, 5.41) is 0. The molecule has 0 heterocycles. The zero-order valence-corrected chi connectivity index (χ0v) is 17.4. The molecule has 1 rings (SSSR count). The molecule has 0 aliphatic heterocycles. The van der Waals surface area contributed by atoms with Gasteiger partial charge in [0.2, 0.25) is 0 Å². The highest BCUT2D eigenvalue weighted by atomic mass is 28.4. The zero-order chi connectivity index (χ0) is 16.8. The Kier molecular flexibility index (Phi) is 7.30. The molecule has 0 N–H and O–H groups in total. The molecule has 1 nitrogen and oxygen atoms in total. The molecule has 1 aromatic carbocycles. The molecule has 0 bridgehead atoms. The summed E-state index contributed by atoms with van der Waals surface area (Å²) in [5.41, 5.74) is 2.79. The summed E-state index contributed by atoms with van der Waals surface area (Å²) in [5.74, 6) is 0. The summed E-state index contributed by atoms with van der Waals surface area (Å²) in [4.78, 5) is 0. The monoisotopic (exact) mass is 334 g/mol. The molecule has 0 spiro atoms. The molecule has 22 heavy (non-hydrogen) atoms. The van der Waals surface area contributed by atoms with Crippen LogP contribution >= 0.6 is 0 Å². The quantitative estimate of drug-likeness (QED) is 0.390. The lowest BCUT2D eigenvalue weighted by atomic mass is 10.0. The molecule has 3 heteroatoms.